The third-order valence-corrected chi connectivity index (χ3v) is 2.38. The maximum absolute atomic E-state index is 11.6. The first-order valence-electron chi connectivity index (χ1n) is 5.67. The molecule has 1 unspecified atom stereocenters. The monoisotopic (exact) mass is 269 g/mol. The molecule has 0 aliphatic carbocycles. The summed E-state index contributed by atoms with van der Waals surface area (Å²) in [5.41, 5.74) is 0. The average molecular weight is 269 g/mol. The average Bonchev–Trinajstić information content (AvgIpc) is 2.67. The molecule has 3 N–H and O–H groups in total. The second kappa shape index (κ2) is 6.64. The molecule has 104 valence electrons. The van der Waals surface area contributed by atoms with Crippen molar-refractivity contribution < 1.29 is 24.3 Å². The lowest BCUT2D eigenvalue weighted by Crippen LogP contribution is -2.49. The van der Waals surface area contributed by atoms with E-state index in [1.165, 1.54) is 6.92 Å². The molecule has 19 heavy (non-hydrogen) atoms. The Hall–Kier alpha value is -2.22. The van der Waals surface area contributed by atoms with E-state index < -0.39 is 36.2 Å². The Labute approximate surface area is 109 Å². The maximum Gasteiger partial charge on any atom is 0.254 e. The molecule has 8 nitrogen and oxygen atoms in total. The second-order valence-corrected chi connectivity index (χ2v) is 3.90. The SMILES string of the molecule is CC(NC(=O)CN1C(=O)C=CC1=O)C(=O)NCCO. The van der Waals surface area contributed by atoms with Crippen LogP contribution < -0.4 is 10.6 Å². The van der Waals surface area contributed by atoms with Crippen LogP contribution in [0.25, 0.3) is 0 Å². The van der Waals surface area contributed by atoms with Gasteiger partial charge in [0.15, 0.2) is 0 Å². The van der Waals surface area contributed by atoms with Gasteiger partial charge in [0.25, 0.3) is 11.8 Å². The van der Waals surface area contributed by atoms with Gasteiger partial charge < -0.3 is 15.7 Å². The molecule has 1 aliphatic rings. The number of hydrogen-bond acceptors (Lipinski definition) is 5. The highest BCUT2D eigenvalue weighted by molar-refractivity contribution is 6.14. The third-order valence-electron chi connectivity index (χ3n) is 2.38. The first-order chi connectivity index (χ1) is 8.95. The minimum Gasteiger partial charge on any atom is -0.395 e. The zero-order valence-corrected chi connectivity index (χ0v) is 10.4. The fourth-order valence-electron chi connectivity index (χ4n) is 1.42. The largest absolute Gasteiger partial charge is 0.395 e. The first kappa shape index (κ1) is 14.8. The Morgan fingerprint density at radius 1 is 1.32 bits per heavy atom. The lowest BCUT2D eigenvalue weighted by atomic mass is 10.3. The van der Waals surface area contributed by atoms with E-state index in [4.69, 9.17) is 5.11 Å². The van der Waals surface area contributed by atoms with Gasteiger partial charge in [-0.25, -0.2) is 0 Å². The summed E-state index contributed by atoms with van der Waals surface area (Å²) in [6.45, 7) is 0.916. The lowest BCUT2D eigenvalue weighted by molar-refractivity contribution is -0.141. The first-order valence-corrected chi connectivity index (χ1v) is 5.67. The van der Waals surface area contributed by atoms with Crippen LogP contribution in [0.15, 0.2) is 12.2 Å². The van der Waals surface area contributed by atoms with Gasteiger partial charge in [0, 0.05) is 18.7 Å². The number of rotatable bonds is 6. The van der Waals surface area contributed by atoms with Gasteiger partial charge in [-0.2, -0.15) is 0 Å². The van der Waals surface area contributed by atoms with Gasteiger partial charge >= 0.3 is 0 Å². The smallest absolute Gasteiger partial charge is 0.254 e. The van der Waals surface area contributed by atoms with Gasteiger partial charge in [0.05, 0.1) is 6.61 Å². The maximum atomic E-state index is 11.6. The molecule has 0 saturated heterocycles. The molecule has 0 fully saturated rings. The Morgan fingerprint density at radius 3 is 2.42 bits per heavy atom. The molecule has 0 aromatic heterocycles. The number of aliphatic hydroxyl groups excluding tert-OH is 1. The number of carbonyl (C=O) groups excluding carboxylic acids is 4. The molecule has 4 amide bonds. The van der Waals surface area contributed by atoms with E-state index in [1.807, 2.05) is 0 Å². The van der Waals surface area contributed by atoms with Crippen LogP contribution in [0, 0.1) is 0 Å². The highest BCUT2D eigenvalue weighted by Crippen LogP contribution is 2.02. The number of aliphatic hydroxyl groups is 1. The molecule has 0 aromatic rings. The van der Waals surface area contributed by atoms with Gasteiger partial charge in [0.2, 0.25) is 11.8 Å². The van der Waals surface area contributed by atoms with Gasteiger partial charge in [-0.1, -0.05) is 0 Å². The number of nitrogens with one attached hydrogen (secondary N) is 2. The Balaban J connectivity index is 2.41. The van der Waals surface area contributed by atoms with E-state index >= 15 is 0 Å². The van der Waals surface area contributed by atoms with Crippen molar-refractivity contribution in [3.8, 4) is 0 Å². The Kier molecular flexibility index (Phi) is 5.19. The van der Waals surface area contributed by atoms with Crippen molar-refractivity contribution in [2.45, 2.75) is 13.0 Å². The molecule has 1 rings (SSSR count). The summed E-state index contributed by atoms with van der Waals surface area (Å²) in [4.78, 5) is 46.2. The third kappa shape index (κ3) is 4.18. The number of nitrogens with zero attached hydrogens (tertiary/aromatic N) is 1. The van der Waals surface area contributed by atoms with E-state index in [-0.39, 0.29) is 13.2 Å². The number of imide groups is 1. The van der Waals surface area contributed by atoms with E-state index in [1.54, 1.807) is 0 Å². The summed E-state index contributed by atoms with van der Waals surface area (Å²) >= 11 is 0. The van der Waals surface area contributed by atoms with E-state index in [9.17, 15) is 19.2 Å². The highest BCUT2D eigenvalue weighted by Gasteiger charge is 2.26. The molecule has 0 aromatic carbocycles. The van der Waals surface area contributed by atoms with E-state index in [2.05, 4.69) is 10.6 Å². The Morgan fingerprint density at radius 2 is 1.89 bits per heavy atom. The minimum atomic E-state index is -0.820. The van der Waals surface area contributed by atoms with E-state index in [0.29, 0.717) is 0 Å². The van der Waals surface area contributed by atoms with Gasteiger partial charge in [-0.3, -0.25) is 24.1 Å². The highest BCUT2D eigenvalue weighted by atomic mass is 16.3. The number of amides is 4. The predicted octanol–water partition coefficient (Wildman–Crippen LogP) is -2.48. The zero-order valence-electron chi connectivity index (χ0n) is 10.4. The van der Waals surface area contributed by atoms with E-state index in [0.717, 1.165) is 17.1 Å². The molecule has 8 heteroatoms. The van der Waals surface area contributed by atoms with Gasteiger partial charge in [0.1, 0.15) is 12.6 Å². The molecule has 0 radical (unpaired) electrons. The molecular formula is C11H15N3O5. The summed E-state index contributed by atoms with van der Waals surface area (Å²) in [6, 6.07) is -0.820. The quantitative estimate of drug-likeness (QED) is 0.462. The summed E-state index contributed by atoms with van der Waals surface area (Å²) in [6.07, 6.45) is 2.15. The van der Waals surface area contributed by atoms with Crippen molar-refractivity contribution >= 4 is 23.6 Å². The summed E-state index contributed by atoms with van der Waals surface area (Å²) in [5, 5.41) is 13.3. The lowest BCUT2D eigenvalue weighted by Gasteiger charge is -2.17. The van der Waals surface area contributed by atoms with Crippen LogP contribution in [0.3, 0.4) is 0 Å². The summed E-state index contributed by atoms with van der Waals surface area (Å²) in [7, 11) is 0. The molecule has 0 spiro atoms. The van der Waals surface area contributed by atoms with Crippen molar-refractivity contribution in [2.24, 2.45) is 0 Å². The summed E-state index contributed by atoms with van der Waals surface area (Å²) in [5.74, 6) is -2.19. The number of carbonyl (C=O) groups is 4. The molecule has 1 atom stereocenters. The summed E-state index contributed by atoms with van der Waals surface area (Å²) < 4.78 is 0. The van der Waals surface area contributed by atoms with Crippen LogP contribution in [0.5, 0.6) is 0 Å². The molecule has 0 bridgehead atoms. The van der Waals surface area contributed by atoms with Crippen LogP contribution in [0.2, 0.25) is 0 Å². The topological polar surface area (TPSA) is 116 Å². The molecular weight excluding hydrogens is 254 g/mol. The van der Waals surface area contributed by atoms with Crippen molar-refractivity contribution in [1.82, 2.24) is 15.5 Å². The van der Waals surface area contributed by atoms with Gasteiger partial charge in [-0.05, 0) is 6.92 Å². The number of hydrogen-bond donors (Lipinski definition) is 3. The normalized spacial score (nSPS) is 15.6. The minimum absolute atomic E-state index is 0.0893. The van der Waals surface area contributed by atoms with Crippen LogP contribution in [0.4, 0.5) is 0 Å². The molecule has 1 aliphatic heterocycles. The van der Waals surface area contributed by atoms with Crippen molar-refractivity contribution in [1.29, 1.82) is 0 Å². The van der Waals surface area contributed by atoms with Crippen LogP contribution in [-0.4, -0.2) is 59.4 Å². The van der Waals surface area contributed by atoms with Crippen LogP contribution in [0.1, 0.15) is 6.92 Å². The van der Waals surface area contributed by atoms with Crippen LogP contribution >= 0.6 is 0 Å². The Bertz CT molecular complexity index is 414. The van der Waals surface area contributed by atoms with Gasteiger partial charge in [-0.15, -0.1) is 0 Å². The molecule has 0 saturated carbocycles. The standard InChI is InChI=1S/C11H15N3O5/c1-7(11(19)12-4-5-15)13-8(16)6-14-9(17)2-3-10(14)18/h2-3,7,15H,4-6H2,1H3,(H,12,19)(H,13,16). The second-order valence-electron chi connectivity index (χ2n) is 3.90. The zero-order chi connectivity index (χ0) is 14.4. The predicted molar refractivity (Wildman–Crippen MR) is 63.6 cm³/mol. The van der Waals surface area contributed by atoms with Crippen molar-refractivity contribution in [2.75, 3.05) is 19.7 Å². The fourth-order valence-corrected chi connectivity index (χ4v) is 1.42. The van der Waals surface area contributed by atoms with Crippen LogP contribution in [-0.2, 0) is 19.2 Å². The fraction of sp³-hybridized carbons (Fsp3) is 0.455. The van der Waals surface area contributed by atoms with Crippen molar-refractivity contribution in [3.63, 3.8) is 0 Å². The molecule has 1 heterocycles. The van der Waals surface area contributed by atoms with Crippen molar-refractivity contribution in [3.05, 3.63) is 12.2 Å².